The third-order valence-corrected chi connectivity index (χ3v) is 4.78. The predicted octanol–water partition coefficient (Wildman–Crippen LogP) is 3.77. The van der Waals surface area contributed by atoms with E-state index in [4.69, 9.17) is 14.0 Å². The summed E-state index contributed by atoms with van der Waals surface area (Å²) in [6.07, 6.45) is 0.276. The molecule has 0 spiro atoms. The largest absolute Gasteiger partial charge is 0.493 e. The number of amides is 1. The van der Waals surface area contributed by atoms with Crippen molar-refractivity contribution in [3.8, 4) is 22.9 Å². The summed E-state index contributed by atoms with van der Waals surface area (Å²) in [5, 5.41) is 9.01. The van der Waals surface area contributed by atoms with E-state index in [1.807, 2.05) is 48.5 Å². The number of nitrogens with one attached hydrogen (secondary N) is 1. The number of benzene rings is 3. The van der Waals surface area contributed by atoms with Gasteiger partial charge in [0.2, 0.25) is 17.6 Å². The molecule has 1 N–H and O–H groups in total. The lowest BCUT2D eigenvalue weighted by molar-refractivity contribution is -0.120. The Morgan fingerprint density at radius 1 is 1.00 bits per heavy atom. The summed E-state index contributed by atoms with van der Waals surface area (Å²) >= 11 is 0. The molecule has 4 rings (SSSR count). The molecule has 7 nitrogen and oxygen atoms in total. The molecule has 0 radical (unpaired) electrons. The Kier molecular flexibility index (Phi) is 5.61. The zero-order chi connectivity index (χ0) is 20.9. The van der Waals surface area contributed by atoms with Gasteiger partial charge in [0.25, 0.3) is 0 Å². The number of fused-ring (bicyclic) bond motifs is 1. The average Bonchev–Trinajstić information content (AvgIpc) is 3.26. The van der Waals surface area contributed by atoms with Crippen LogP contribution in [-0.4, -0.2) is 30.3 Å². The molecule has 4 aromatic rings. The Morgan fingerprint density at radius 3 is 2.63 bits per heavy atom. The number of carbonyl (C=O) groups is 1. The molecule has 7 heteroatoms. The first-order valence-corrected chi connectivity index (χ1v) is 9.46. The molecule has 0 unspecified atom stereocenters. The lowest BCUT2D eigenvalue weighted by Gasteiger charge is -2.07. The van der Waals surface area contributed by atoms with Gasteiger partial charge in [0.05, 0.1) is 27.2 Å². The molecule has 0 atom stereocenters. The molecule has 1 amide bonds. The van der Waals surface area contributed by atoms with Crippen molar-refractivity contribution in [1.29, 1.82) is 0 Å². The van der Waals surface area contributed by atoms with Crippen LogP contribution in [0.4, 0.5) is 0 Å². The fourth-order valence-corrected chi connectivity index (χ4v) is 3.28. The maximum atomic E-state index is 12.4. The number of ether oxygens (including phenoxy) is 2. The molecule has 0 saturated heterocycles. The number of aromatic nitrogens is 2. The van der Waals surface area contributed by atoms with Crippen LogP contribution in [0.25, 0.3) is 22.2 Å². The lowest BCUT2D eigenvalue weighted by atomic mass is 10.0. The van der Waals surface area contributed by atoms with E-state index in [1.54, 1.807) is 26.4 Å². The standard InChI is InChI=1S/C23H21N3O4/c1-28-19-11-10-17(12-20(19)29-2)23-25-22(30-26-23)14-24-21(27)13-16-8-5-7-15-6-3-4-9-18(15)16/h3-12H,13-14H2,1-2H3,(H,24,27). The number of hydrogen-bond donors (Lipinski definition) is 1. The highest BCUT2D eigenvalue weighted by Gasteiger charge is 2.13. The third kappa shape index (κ3) is 4.10. The second kappa shape index (κ2) is 8.65. The molecule has 0 saturated carbocycles. The smallest absolute Gasteiger partial charge is 0.246 e. The van der Waals surface area contributed by atoms with Crippen molar-refractivity contribution in [2.75, 3.05) is 14.2 Å². The van der Waals surface area contributed by atoms with Crippen LogP contribution in [0.3, 0.4) is 0 Å². The summed E-state index contributed by atoms with van der Waals surface area (Å²) in [7, 11) is 3.14. The number of carbonyl (C=O) groups excluding carboxylic acids is 1. The molecule has 152 valence electrons. The zero-order valence-electron chi connectivity index (χ0n) is 16.7. The van der Waals surface area contributed by atoms with Crippen molar-refractivity contribution < 1.29 is 18.8 Å². The second-order valence-corrected chi connectivity index (χ2v) is 6.67. The third-order valence-electron chi connectivity index (χ3n) is 4.78. The Morgan fingerprint density at radius 2 is 1.80 bits per heavy atom. The van der Waals surface area contributed by atoms with Gasteiger partial charge in [-0.3, -0.25) is 4.79 Å². The van der Waals surface area contributed by atoms with E-state index in [0.29, 0.717) is 23.2 Å². The van der Waals surface area contributed by atoms with Gasteiger partial charge in [-0.05, 0) is 34.5 Å². The summed E-state index contributed by atoms with van der Waals surface area (Å²) < 4.78 is 15.8. The average molecular weight is 403 g/mol. The summed E-state index contributed by atoms with van der Waals surface area (Å²) in [5.74, 6) is 1.81. The van der Waals surface area contributed by atoms with Gasteiger partial charge in [0.15, 0.2) is 11.5 Å². The van der Waals surface area contributed by atoms with Crippen LogP contribution in [0.1, 0.15) is 11.5 Å². The second-order valence-electron chi connectivity index (χ2n) is 6.67. The van der Waals surface area contributed by atoms with Crippen LogP contribution in [0.2, 0.25) is 0 Å². The van der Waals surface area contributed by atoms with E-state index in [0.717, 1.165) is 21.9 Å². The van der Waals surface area contributed by atoms with Gasteiger partial charge in [-0.25, -0.2) is 0 Å². The van der Waals surface area contributed by atoms with Crippen LogP contribution in [0.5, 0.6) is 11.5 Å². The molecule has 0 aliphatic heterocycles. The van der Waals surface area contributed by atoms with Gasteiger partial charge in [0.1, 0.15) is 0 Å². The summed E-state index contributed by atoms with van der Waals surface area (Å²) in [6.45, 7) is 0.157. The minimum Gasteiger partial charge on any atom is -0.493 e. The van der Waals surface area contributed by atoms with E-state index in [1.165, 1.54) is 0 Å². The maximum Gasteiger partial charge on any atom is 0.246 e. The molecule has 0 aliphatic carbocycles. The molecule has 1 aromatic heterocycles. The van der Waals surface area contributed by atoms with Crippen molar-refractivity contribution in [2.45, 2.75) is 13.0 Å². The maximum absolute atomic E-state index is 12.4. The highest BCUT2D eigenvalue weighted by atomic mass is 16.5. The molecule has 1 heterocycles. The fraction of sp³-hybridized carbons (Fsp3) is 0.174. The number of hydrogen-bond acceptors (Lipinski definition) is 6. The Balaban J connectivity index is 1.41. The number of methoxy groups -OCH3 is 2. The monoisotopic (exact) mass is 403 g/mol. The predicted molar refractivity (Wildman–Crippen MR) is 112 cm³/mol. The number of nitrogens with zero attached hydrogens (tertiary/aromatic N) is 2. The lowest BCUT2D eigenvalue weighted by Crippen LogP contribution is -2.24. The molecule has 0 aliphatic rings. The topological polar surface area (TPSA) is 86.5 Å². The SMILES string of the molecule is COc1ccc(-c2noc(CNC(=O)Cc3cccc4ccccc34)n2)cc1OC. The van der Waals surface area contributed by atoms with Gasteiger partial charge in [-0.1, -0.05) is 47.6 Å². The minimum absolute atomic E-state index is 0.114. The van der Waals surface area contributed by atoms with Crippen molar-refractivity contribution in [3.63, 3.8) is 0 Å². The van der Waals surface area contributed by atoms with Crippen LogP contribution < -0.4 is 14.8 Å². The molecular weight excluding hydrogens is 382 g/mol. The van der Waals surface area contributed by atoms with Crippen LogP contribution >= 0.6 is 0 Å². The highest BCUT2D eigenvalue weighted by molar-refractivity contribution is 5.90. The van der Waals surface area contributed by atoms with Gasteiger partial charge >= 0.3 is 0 Å². The van der Waals surface area contributed by atoms with Gasteiger partial charge in [-0.2, -0.15) is 4.98 Å². The molecule has 30 heavy (non-hydrogen) atoms. The quantitative estimate of drug-likeness (QED) is 0.506. The van der Waals surface area contributed by atoms with Crippen LogP contribution in [0, 0.1) is 0 Å². The van der Waals surface area contributed by atoms with Crippen molar-refractivity contribution in [1.82, 2.24) is 15.5 Å². The molecular formula is C23H21N3O4. The summed E-state index contributed by atoms with van der Waals surface area (Å²) in [6, 6.07) is 19.3. The molecule has 3 aromatic carbocycles. The normalized spacial score (nSPS) is 10.7. The van der Waals surface area contributed by atoms with Crippen LogP contribution in [0.15, 0.2) is 65.2 Å². The van der Waals surface area contributed by atoms with Gasteiger partial charge < -0.3 is 19.3 Å². The van der Waals surface area contributed by atoms with Crippen LogP contribution in [-0.2, 0) is 17.8 Å². The van der Waals surface area contributed by atoms with E-state index in [9.17, 15) is 4.79 Å². The van der Waals surface area contributed by atoms with E-state index < -0.39 is 0 Å². The minimum atomic E-state index is -0.114. The van der Waals surface area contributed by atoms with E-state index in [-0.39, 0.29) is 18.9 Å². The Bertz CT molecular complexity index is 1180. The Labute approximate surface area is 173 Å². The first-order chi connectivity index (χ1) is 14.7. The Hall–Kier alpha value is -3.87. The van der Waals surface area contributed by atoms with Gasteiger partial charge in [-0.15, -0.1) is 0 Å². The number of rotatable bonds is 7. The molecule has 0 bridgehead atoms. The van der Waals surface area contributed by atoms with Crippen molar-refractivity contribution in [3.05, 3.63) is 72.1 Å². The first-order valence-electron chi connectivity index (χ1n) is 9.46. The highest BCUT2D eigenvalue weighted by Crippen LogP contribution is 2.31. The van der Waals surface area contributed by atoms with E-state index in [2.05, 4.69) is 15.5 Å². The summed E-state index contributed by atoms with van der Waals surface area (Å²) in [5.41, 5.74) is 1.70. The zero-order valence-corrected chi connectivity index (χ0v) is 16.7. The van der Waals surface area contributed by atoms with Crippen molar-refractivity contribution >= 4 is 16.7 Å². The first kappa shape index (κ1) is 19.4. The van der Waals surface area contributed by atoms with Gasteiger partial charge in [0, 0.05) is 5.56 Å². The van der Waals surface area contributed by atoms with E-state index >= 15 is 0 Å². The summed E-state index contributed by atoms with van der Waals surface area (Å²) in [4.78, 5) is 16.8. The fourth-order valence-electron chi connectivity index (χ4n) is 3.28. The van der Waals surface area contributed by atoms with Crippen molar-refractivity contribution in [2.24, 2.45) is 0 Å². The molecule has 0 fully saturated rings.